The van der Waals surface area contributed by atoms with E-state index in [1.807, 2.05) is 23.1 Å². The highest BCUT2D eigenvalue weighted by molar-refractivity contribution is 8.01. The van der Waals surface area contributed by atoms with Crippen LogP contribution in [-0.2, 0) is 0 Å². The molecule has 0 N–H and O–H groups in total. The lowest BCUT2D eigenvalue weighted by atomic mass is 10.2. The van der Waals surface area contributed by atoms with Crippen molar-refractivity contribution in [2.75, 3.05) is 35.2 Å². The molecule has 2 saturated heterocycles. The number of thioether (sulfide) groups is 1. The van der Waals surface area contributed by atoms with Gasteiger partial charge < -0.3 is 9.80 Å². The van der Waals surface area contributed by atoms with Crippen LogP contribution in [-0.4, -0.2) is 46.4 Å². The summed E-state index contributed by atoms with van der Waals surface area (Å²) < 4.78 is 2.51. The third-order valence-corrected chi connectivity index (χ3v) is 9.33. The number of para-hydroxylation sites is 1. The Labute approximate surface area is 185 Å². The summed E-state index contributed by atoms with van der Waals surface area (Å²) >= 11 is 3.78. The molecule has 30 heavy (non-hydrogen) atoms. The minimum atomic E-state index is 0.551. The van der Waals surface area contributed by atoms with E-state index in [1.165, 1.54) is 27.6 Å². The number of piperidine rings is 1. The minimum absolute atomic E-state index is 0.551. The number of thiazole rings is 1. The van der Waals surface area contributed by atoms with E-state index in [9.17, 15) is 0 Å². The standard InChI is InChI=1S/C23H27N5S2/c1-14-10-21(26-22(24-14)28-9-5-6-15(28)2)27-11-16-17(12-27)18(16)13-29-23-25-19-7-3-4-8-20(19)30-23/h3-4,7-8,10,15-18H,5-6,9,11-13H2,1-2H3/t15-,16-,17+,18+/m0/s1. The smallest absolute Gasteiger partial charge is 0.227 e. The van der Waals surface area contributed by atoms with Crippen LogP contribution in [0, 0.1) is 24.7 Å². The molecule has 3 aromatic rings. The van der Waals surface area contributed by atoms with E-state index in [-0.39, 0.29) is 0 Å². The molecule has 156 valence electrons. The third kappa shape index (κ3) is 3.36. The highest BCUT2D eigenvalue weighted by Crippen LogP contribution is 2.54. The Morgan fingerprint density at radius 1 is 1.13 bits per heavy atom. The maximum absolute atomic E-state index is 4.97. The second kappa shape index (κ2) is 7.38. The van der Waals surface area contributed by atoms with Gasteiger partial charge in [0.2, 0.25) is 5.95 Å². The van der Waals surface area contributed by atoms with Gasteiger partial charge in [-0.05, 0) is 56.6 Å². The van der Waals surface area contributed by atoms with Crippen molar-refractivity contribution in [2.24, 2.45) is 17.8 Å². The Morgan fingerprint density at radius 3 is 2.73 bits per heavy atom. The molecule has 5 nitrogen and oxygen atoms in total. The molecule has 1 aliphatic carbocycles. The molecular formula is C23H27N5S2. The van der Waals surface area contributed by atoms with Crippen molar-refractivity contribution in [3.05, 3.63) is 36.0 Å². The van der Waals surface area contributed by atoms with Gasteiger partial charge in [-0.15, -0.1) is 11.3 Å². The van der Waals surface area contributed by atoms with Crippen LogP contribution in [0.5, 0.6) is 0 Å². The van der Waals surface area contributed by atoms with Crippen LogP contribution < -0.4 is 9.80 Å². The second-order valence-electron chi connectivity index (χ2n) is 9.01. The quantitative estimate of drug-likeness (QED) is 0.531. The van der Waals surface area contributed by atoms with Gasteiger partial charge in [-0.1, -0.05) is 23.9 Å². The topological polar surface area (TPSA) is 45.2 Å². The average Bonchev–Trinajstić information content (AvgIpc) is 3.18. The van der Waals surface area contributed by atoms with Crippen LogP contribution in [0.1, 0.15) is 25.5 Å². The summed E-state index contributed by atoms with van der Waals surface area (Å²) in [6.07, 6.45) is 2.49. The Bertz CT molecular complexity index is 1040. The molecule has 2 aliphatic heterocycles. The van der Waals surface area contributed by atoms with E-state index >= 15 is 0 Å². The van der Waals surface area contributed by atoms with Crippen molar-refractivity contribution in [3.63, 3.8) is 0 Å². The zero-order chi connectivity index (χ0) is 20.2. The fourth-order valence-corrected chi connectivity index (χ4v) is 7.62. The van der Waals surface area contributed by atoms with Crippen LogP contribution in [0.25, 0.3) is 10.2 Å². The molecule has 0 radical (unpaired) electrons. The maximum atomic E-state index is 4.97. The fraction of sp³-hybridized carbons (Fsp3) is 0.522. The van der Waals surface area contributed by atoms with Crippen LogP contribution in [0.2, 0.25) is 0 Å². The first kappa shape index (κ1) is 18.9. The number of aromatic nitrogens is 3. The van der Waals surface area contributed by atoms with Gasteiger partial charge in [0.15, 0.2) is 4.34 Å². The van der Waals surface area contributed by atoms with Gasteiger partial charge in [-0.2, -0.15) is 4.98 Å². The molecule has 1 saturated carbocycles. The first-order chi connectivity index (χ1) is 14.7. The van der Waals surface area contributed by atoms with Gasteiger partial charge in [0, 0.05) is 43.2 Å². The number of aryl methyl sites for hydroxylation is 1. The number of benzene rings is 1. The lowest BCUT2D eigenvalue weighted by Gasteiger charge is -2.25. The number of hydrogen-bond acceptors (Lipinski definition) is 7. The zero-order valence-corrected chi connectivity index (χ0v) is 19.1. The SMILES string of the molecule is Cc1cc(N2C[C@@H]3[C@@H](CSc4nc5ccccc5s4)[C@@H]3C2)nc(N2CCC[C@@H]2C)n1. The van der Waals surface area contributed by atoms with Gasteiger partial charge >= 0.3 is 0 Å². The van der Waals surface area contributed by atoms with Crippen LogP contribution in [0.4, 0.5) is 11.8 Å². The summed E-state index contributed by atoms with van der Waals surface area (Å²) in [7, 11) is 0. The van der Waals surface area contributed by atoms with E-state index in [0.717, 1.165) is 60.4 Å². The number of fused-ring (bicyclic) bond motifs is 2. The molecule has 4 atom stereocenters. The monoisotopic (exact) mass is 437 g/mol. The van der Waals surface area contributed by atoms with E-state index in [4.69, 9.17) is 15.0 Å². The minimum Gasteiger partial charge on any atom is -0.356 e. The first-order valence-corrected chi connectivity index (χ1v) is 12.8. The second-order valence-corrected chi connectivity index (χ2v) is 11.3. The van der Waals surface area contributed by atoms with E-state index < -0.39 is 0 Å². The molecule has 3 aliphatic rings. The predicted octanol–water partition coefficient (Wildman–Crippen LogP) is 4.86. The molecule has 7 heteroatoms. The van der Waals surface area contributed by atoms with Crippen molar-refractivity contribution < 1.29 is 0 Å². The van der Waals surface area contributed by atoms with Gasteiger partial charge in [-0.3, -0.25) is 0 Å². The van der Waals surface area contributed by atoms with E-state index in [2.05, 4.69) is 54.0 Å². The van der Waals surface area contributed by atoms with Gasteiger partial charge in [0.1, 0.15) is 5.82 Å². The third-order valence-electron chi connectivity index (χ3n) is 7.01. The summed E-state index contributed by atoms with van der Waals surface area (Å²) in [6, 6.07) is 11.2. The Balaban J connectivity index is 1.09. The summed E-state index contributed by atoms with van der Waals surface area (Å²) in [5, 5.41) is 0. The predicted molar refractivity (Wildman–Crippen MR) is 126 cm³/mol. The number of anilines is 2. The van der Waals surface area contributed by atoms with Crippen molar-refractivity contribution in [1.82, 2.24) is 15.0 Å². The molecule has 0 spiro atoms. The lowest BCUT2D eigenvalue weighted by molar-refractivity contribution is 0.683. The molecule has 2 aromatic heterocycles. The Hall–Kier alpha value is -1.86. The van der Waals surface area contributed by atoms with E-state index in [0.29, 0.717) is 6.04 Å². The van der Waals surface area contributed by atoms with Gasteiger partial charge in [0.25, 0.3) is 0 Å². The Kier molecular flexibility index (Phi) is 4.64. The normalized spacial score (nSPS) is 27.8. The van der Waals surface area contributed by atoms with Gasteiger partial charge in [0.05, 0.1) is 10.2 Å². The molecule has 0 unspecified atom stereocenters. The number of rotatable bonds is 5. The average molecular weight is 438 g/mol. The number of hydrogen-bond donors (Lipinski definition) is 0. The molecular weight excluding hydrogens is 410 g/mol. The summed E-state index contributed by atoms with van der Waals surface area (Å²) in [6.45, 7) is 7.75. The van der Waals surface area contributed by atoms with Gasteiger partial charge in [-0.25, -0.2) is 9.97 Å². The molecule has 0 amide bonds. The van der Waals surface area contributed by atoms with Crippen molar-refractivity contribution >= 4 is 45.1 Å². The highest BCUT2D eigenvalue weighted by atomic mass is 32.2. The molecule has 3 fully saturated rings. The van der Waals surface area contributed by atoms with Crippen LogP contribution >= 0.6 is 23.1 Å². The van der Waals surface area contributed by atoms with Crippen molar-refractivity contribution in [2.45, 2.75) is 37.1 Å². The van der Waals surface area contributed by atoms with Crippen LogP contribution in [0.3, 0.4) is 0 Å². The van der Waals surface area contributed by atoms with Crippen molar-refractivity contribution in [1.29, 1.82) is 0 Å². The molecule has 6 rings (SSSR count). The fourth-order valence-electron chi connectivity index (χ4n) is 5.22. The Morgan fingerprint density at radius 2 is 1.97 bits per heavy atom. The highest BCUT2D eigenvalue weighted by Gasteiger charge is 2.55. The maximum Gasteiger partial charge on any atom is 0.227 e. The molecule has 1 aromatic carbocycles. The van der Waals surface area contributed by atoms with E-state index in [1.54, 1.807) is 0 Å². The number of nitrogens with zero attached hydrogens (tertiary/aromatic N) is 5. The molecule has 0 bridgehead atoms. The van der Waals surface area contributed by atoms with Crippen molar-refractivity contribution in [3.8, 4) is 0 Å². The lowest BCUT2D eigenvalue weighted by Crippen LogP contribution is -2.30. The summed E-state index contributed by atoms with van der Waals surface area (Å²) in [5.41, 5.74) is 2.21. The summed E-state index contributed by atoms with van der Waals surface area (Å²) in [4.78, 5) is 19.4. The first-order valence-electron chi connectivity index (χ1n) is 11.0. The summed E-state index contributed by atoms with van der Waals surface area (Å²) in [5.74, 6) is 5.72. The largest absolute Gasteiger partial charge is 0.356 e. The van der Waals surface area contributed by atoms with Crippen LogP contribution in [0.15, 0.2) is 34.7 Å². The zero-order valence-electron chi connectivity index (χ0n) is 17.5. The molecule has 4 heterocycles.